The van der Waals surface area contributed by atoms with E-state index in [1.165, 1.54) is 19.6 Å². The van der Waals surface area contributed by atoms with Crippen molar-refractivity contribution < 1.29 is 147 Å². The van der Waals surface area contributed by atoms with E-state index in [0.29, 0.717) is 32.1 Å². The molecule has 0 amide bonds. The van der Waals surface area contributed by atoms with Crippen LogP contribution in [0.4, 0.5) is 0 Å². The molecule has 4 aliphatic carbocycles. The lowest BCUT2D eigenvalue weighted by molar-refractivity contribution is -0.405. The third kappa shape index (κ3) is 12.1. The van der Waals surface area contributed by atoms with Crippen LogP contribution in [0.3, 0.4) is 0 Å². The highest BCUT2D eigenvalue weighted by atomic mass is 32.3. The lowest BCUT2D eigenvalue weighted by Gasteiger charge is -2.64. The molecule has 2 bridgehead atoms. The maximum absolute atomic E-state index is 13.9. The molecule has 87 heavy (non-hydrogen) atoms. The maximum atomic E-state index is 13.9. The number of hydrogen-bond donors (Lipinski definition) is 12. The fourth-order valence-corrected chi connectivity index (χ4v) is 17.3. The number of hydrogen-bond acceptors (Lipinski definition) is 29. The van der Waals surface area contributed by atoms with Gasteiger partial charge in [0, 0.05) is 18.4 Å². The lowest BCUT2D eigenvalue weighted by Crippen LogP contribution is -2.68. The first-order valence-electron chi connectivity index (χ1n) is 29.2. The van der Waals surface area contributed by atoms with Crippen molar-refractivity contribution >= 4 is 26.8 Å². The van der Waals surface area contributed by atoms with E-state index in [4.69, 9.17) is 61.0 Å². The molecule has 6 saturated heterocycles. The first-order valence-corrected chi connectivity index (χ1v) is 31.9. The Labute approximate surface area is 502 Å². The molecule has 33 heteroatoms. The van der Waals surface area contributed by atoms with Crippen LogP contribution in [0.5, 0.6) is 0 Å². The van der Waals surface area contributed by atoms with Gasteiger partial charge in [-0.15, -0.1) is 0 Å². The molecule has 10 aliphatic rings. The molecule has 0 aromatic carbocycles. The first kappa shape index (κ1) is 67.7. The summed E-state index contributed by atoms with van der Waals surface area (Å²) in [5.41, 5.74) is 0.00968. The van der Waals surface area contributed by atoms with Gasteiger partial charge in [0.1, 0.15) is 110 Å². The highest BCUT2D eigenvalue weighted by Crippen LogP contribution is 2.76. The number of aliphatic hydroxyl groups is 10. The predicted molar refractivity (Wildman–Crippen MR) is 285 cm³/mol. The Hall–Kier alpha value is -2.15. The summed E-state index contributed by atoms with van der Waals surface area (Å²) >= 11 is 0. The largest absolute Gasteiger partial charge is 0.461 e. The molecule has 0 aromatic rings. The Kier molecular flexibility index (Phi) is 19.4. The number of ether oxygens (including phenoxy) is 12. The predicted octanol–water partition coefficient (Wildman–Crippen LogP) is -3.22. The lowest BCUT2D eigenvalue weighted by atomic mass is 9.40. The van der Waals surface area contributed by atoms with Gasteiger partial charge in [0.15, 0.2) is 31.5 Å². The summed E-state index contributed by atoms with van der Waals surface area (Å²) in [5.74, 6) is -0.221. The van der Waals surface area contributed by atoms with Crippen molar-refractivity contribution in [2.75, 3.05) is 33.5 Å². The van der Waals surface area contributed by atoms with Gasteiger partial charge >= 0.3 is 26.8 Å². The Bertz CT molecular complexity index is 2760. The van der Waals surface area contributed by atoms with Crippen LogP contribution in [0, 0.1) is 39.4 Å². The first-order chi connectivity index (χ1) is 40.6. The van der Waals surface area contributed by atoms with E-state index in [9.17, 15) is 81.8 Å². The van der Waals surface area contributed by atoms with E-state index in [2.05, 4.69) is 30.7 Å². The minimum Gasteiger partial charge on any atom is -0.461 e. The standard InChI is InChI=1S/C54H84O31S2/c1-20(2)31-25-15-53(7)23-9-10-29-51(4,5)30(12-13-52(29,6)22(23)11-14-54(31,53)50(65)79-25)80-48-43(34(59)28(18-74-48)85-87(69,70)71)84-49-44(83-46-36(61)35(60)32(57)26(16-55)77-46)37(62)40(21(3)76-49)81-47-39(64)42(33(58)27(78-47)19-75-86(66,67)68)82-45-38(63)41(72-8)24(56)17-73-45/h9,21-22,24-49,55-64H,1,10-19H2,2-8H3,(H,66,67,68)(H,69,70,71). The molecule has 6 aliphatic heterocycles. The second-order valence-corrected chi connectivity index (χ2v) is 28.2. The van der Waals surface area contributed by atoms with Gasteiger partial charge in [0.05, 0.1) is 44.1 Å². The molecular formula is C54H84O31S2. The molecule has 31 atom stereocenters. The van der Waals surface area contributed by atoms with Crippen LogP contribution < -0.4 is 0 Å². The summed E-state index contributed by atoms with van der Waals surface area (Å²) < 4.78 is 148. The van der Waals surface area contributed by atoms with Crippen molar-refractivity contribution in [3.63, 3.8) is 0 Å². The zero-order valence-corrected chi connectivity index (χ0v) is 50.6. The van der Waals surface area contributed by atoms with Gasteiger partial charge in [-0.05, 0) is 75.0 Å². The number of carbonyl (C=O) groups excluding carboxylic acids is 1. The van der Waals surface area contributed by atoms with Crippen LogP contribution in [-0.2, 0) is 90.8 Å². The van der Waals surface area contributed by atoms with Crippen molar-refractivity contribution in [2.45, 2.75) is 234 Å². The van der Waals surface area contributed by atoms with E-state index < -0.39 is 211 Å². The topological polar surface area (TPSA) is 457 Å². The van der Waals surface area contributed by atoms with E-state index in [-0.39, 0.29) is 35.2 Å². The average molecular weight is 1290 g/mol. The zero-order valence-electron chi connectivity index (χ0n) is 49.0. The molecule has 10 rings (SSSR count). The van der Waals surface area contributed by atoms with Gasteiger partial charge < -0.3 is 108 Å². The fourth-order valence-electron chi connectivity index (χ4n) is 16.5. The second kappa shape index (κ2) is 25.0. The van der Waals surface area contributed by atoms with E-state index in [1.807, 2.05) is 20.8 Å². The Morgan fingerprint density at radius 2 is 1.30 bits per heavy atom. The number of allylic oxidation sites excluding steroid dienone is 2. The molecule has 0 radical (unpaired) electrons. The van der Waals surface area contributed by atoms with E-state index >= 15 is 0 Å². The average Bonchev–Trinajstić information content (AvgIpc) is 1.56. The highest BCUT2D eigenvalue weighted by Gasteiger charge is 2.76. The second-order valence-electron chi connectivity index (χ2n) is 26.1. The van der Waals surface area contributed by atoms with E-state index in [1.54, 1.807) is 0 Å². The smallest absolute Gasteiger partial charge is 0.397 e. The summed E-state index contributed by atoms with van der Waals surface area (Å²) in [6, 6.07) is 0. The zero-order chi connectivity index (χ0) is 63.6. The Morgan fingerprint density at radius 1 is 0.678 bits per heavy atom. The fraction of sp³-hybridized carbons (Fsp3) is 0.907. The molecule has 498 valence electrons. The van der Waals surface area contributed by atoms with Crippen LogP contribution in [0.1, 0.15) is 80.1 Å². The monoisotopic (exact) mass is 1290 g/mol. The molecule has 1 spiro atoms. The summed E-state index contributed by atoms with van der Waals surface area (Å²) in [6.07, 6.45) is -38.4. The molecule has 12 N–H and O–H groups in total. The molecular weight excluding hydrogens is 1210 g/mol. The Balaban J connectivity index is 0.936. The maximum Gasteiger partial charge on any atom is 0.397 e. The number of carbonyl (C=O) groups is 1. The van der Waals surface area contributed by atoms with Crippen LogP contribution in [0.2, 0.25) is 0 Å². The van der Waals surface area contributed by atoms with Crippen LogP contribution in [0.15, 0.2) is 23.8 Å². The minimum atomic E-state index is -5.30. The van der Waals surface area contributed by atoms with Gasteiger partial charge in [-0.3, -0.25) is 13.9 Å². The van der Waals surface area contributed by atoms with E-state index in [0.717, 1.165) is 12.0 Å². The molecule has 31 unspecified atom stereocenters. The third-order valence-electron chi connectivity index (χ3n) is 20.8. The molecule has 0 aromatic heterocycles. The number of esters is 1. The third-order valence-corrected chi connectivity index (χ3v) is 21.7. The van der Waals surface area contributed by atoms with Gasteiger partial charge in [0.2, 0.25) is 0 Å². The van der Waals surface area contributed by atoms with Crippen molar-refractivity contribution in [1.29, 1.82) is 0 Å². The van der Waals surface area contributed by atoms with Gasteiger partial charge in [0.25, 0.3) is 0 Å². The molecule has 3 saturated carbocycles. The van der Waals surface area contributed by atoms with Crippen LogP contribution in [-0.4, -0.2) is 270 Å². The quantitative estimate of drug-likeness (QED) is 0.0365. The van der Waals surface area contributed by atoms with Gasteiger partial charge in [-0.2, -0.15) is 16.8 Å². The van der Waals surface area contributed by atoms with Crippen LogP contribution in [0.25, 0.3) is 0 Å². The minimum absolute atomic E-state index is 0.0430. The van der Waals surface area contributed by atoms with Gasteiger partial charge in [-0.25, -0.2) is 8.37 Å². The van der Waals surface area contributed by atoms with Crippen molar-refractivity contribution in [1.82, 2.24) is 0 Å². The Morgan fingerprint density at radius 3 is 1.95 bits per heavy atom. The normalized spacial score (nSPS) is 50.7. The number of fused-ring (bicyclic) bond motifs is 5. The summed E-state index contributed by atoms with van der Waals surface area (Å²) in [4.78, 5) is 13.9. The SMILES string of the molecule is C=C(C)C1C2CC3(C)C4=CCC5C(C)(C)C(OC6OCC(OS(=O)(=O)O)C(O)C6OC6OC(C)C(OC7OC(COS(=O)(=O)O)C(O)C(OC8OCC(O)C(OC)C8O)C7O)C(O)C6OC6OC(CO)C(O)C(O)C6O)CCC5(C)C4CCC13C(=O)O2. The van der Waals surface area contributed by atoms with Crippen molar-refractivity contribution in [2.24, 2.45) is 39.4 Å². The molecule has 9 fully saturated rings. The number of methoxy groups -OCH3 is 1. The summed E-state index contributed by atoms with van der Waals surface area (Å²) in [7, 11) is -9.36. The number of rotatable bonds is 18. The summed E-state index contributed by atoms with van der Waals surface area (Å²) in [5, 5.41) is 112. The van der Waals surface area contributed by atoms with Crippen molar-refractivity contribution in [3.8, 4) is 0 Å². The summed E-state index contributed by atoms with van der Waals surface area (Å²) in [6.45, 7) is 12.8. The molecule has 6 heterocycles. The van der Waals surface area contributed by atoms with Crippen molar-refractivity contribution in [3.05, 3.63) is 23.8 Å². The number of aliphatic hydroxyl groups excluding tert-OH is 10. The highest BCUT2D eigenvalue weighted by molar-refractivity contribution is 7.81. The van der Waals surface area contributed by atoms with Crippen LogP contribution >= 0.6 is 0 Å². The molecule has 31 nitrogen and oxygen atoms in total. The van der Waals surface area contributed by atoms with Gasteiger partial charge in [-0.1, -0.05) is 51.5 Å².